The number of rotatable bonds is 4. The maximum atomic E-state index is 11.3. The maximum Gasteiger partial charge on any atom is 0.277 e. The summed E-state index contributed by atoms with van der Waals surface area (Å²) in [4.78, 5) is 0. The van der Waals surface area contributed by atoms with Crippen molar-refractivity contribution in [3.8, 4) is 0 Å². The van der Waals surface area contributed by atoms with Gasteiger partial charge in [-0.3, -0.25) is 0 Å². The summed E-state index contributed by atoms with van der Waals surface area (Å²) in [7, 11) is -3.32. The lowest BCUT2D eigenvalue weighted by molar-refractivity contribution is 0.325. The van der Waals surface area contributed by atoms with E-state index in [9.17, 15) is 8.42 Å². The van der Waals surface area contributed by atoms with Crippen molar-refractivity contribution >= 4 is 10.2 Å². The summed E-state index contributed by atoms with van der Waals surface area (Å²) in [5.74, 6) is 0. The van der Waals surface area contributed by atoms with Crippen LogP contribution in [0.4, 0.5) is 0 Å². The van der Waals surface area contributed by atoms with Gasteiger partial charge in [-0.1, -0.05) is 0 Å². The van der Waals surface area contributed by atoms with E-state index in [1.807, 2.05) is 0 Å². The zero-order chi connectivity index (χ0) is 10.1. The molecule has 0 radical (unpaired) electrons. The first-order valence-electron chi connectivity index (χ1n) is 4.44. The second-order valence-electron chi connectivity index (χ2n) is 3.82. The van der Waals surface area contributed by atoms with Crippen LogP contribution >= 0.6 is 0 Å². The van der Waals surface area contributed by atoms with Gasteiger partial charge in [0.25, 0.3) is 10.2 Å². The minimum absolute atomic E-state index is 0.0197. The Labute approximate surface area is 79.3 Å². The van der Waals surface area contributed by atoms with E-state index >= 15 is 0 Å². The standard InChI is InChI=1S/C7H17N3O2S/c1-5(2)9-13(11,12)10-7-3-6(8)4-7/h5-7,9-10H,3-4,8H2,1-2H3. The van der Waals surface area contributed by atoms with E-state index in [-0.39, 0.29) is 18.1 Å². The van der Waals surface area contributed by atoms with E-state index in [4.69, 9.17) is 5.73 Å². The molecule has 0 unspecified atom stereocenters. The fourth-order valence-corrected chi connectivity index (χ4v) is 2.64. The van der Waals surface area contributed by atoms with E-state index < -0.39 is 10.2 Å². The van der Waals surface area contributed by atoms with Crippen LogP contribution in [0, 0.1) is 0 Å². The highest BCUT2D eigenvalue weighted by Crippen LogP contribution is 2.17. The quantitative estimate of drug-likeness (QED) is 0.570. The summed E-state index contributed by atoms with van der Waals surface area (Å²) in [6.07, 6.45) is 1.47. The Hall–Kier alpha value is -0.170. The normalized spacial score (nSPS) is 28.9. The fourth-order valence-electron chi connectivity index (χ4n) is 1.32. The van der Waals surface area contributed by atoms with Crippen molar-refractivity contribution in [2.45, 2.75) is 44.8 Å². The molecule has 0 heterocycles. The third-order valence-corrected chi connectivity index (χ3v) is 3.31. The minimum Gasteiger partial charge on any atom is -0.328 e. The largest absolute Gasteiger partial charge is 0.328 e. The van der Waals surface area contributed by atoms with Crippen LogP contribution in [0.15, 0.2) is 0 Å². The summed E-state index contributed by atoms with van der Waals surface area (Å²) in [5, 5.41) is 0. The van der Waals surface area contributed by atoms with Crippen LogP contribution in [0.25, 0.3) is 0 Å². The van der Waals surface area contributed by atoms with Gasteiger partial charge in [0.2, 0.25) is 0 Å². The van der Waals surface area contributed by atoms with E-state index in [2.05, 4.69) is 9.44 Å². The molecule has 0 aromatic heterocycles. The molecule has 0 aromatic carbocycles. The minimum atomic E-state index is -3.32. The molecule has 0 atom stereocenters. The Morgan fingerprint density at radius 3 is 2.31 bits per heavy atom. The molecule has 1 saturated carbocycles. The van der Waals surface area contributed by atoms with E-state index in [1.54, 1.807) is 13.8 Å². The van der Waals surface area contributed by atoms with Gasteiger partial charge in [-0.15, -0.1) is 0 Å². The summed E-state index contributed by atoms with van der Waals surface area (Å²) in [6, 6.07) is 0.101. The van der Waals surface area contributed by atoms with Crippen LogP contribution in [0.3, 0.4) is 0 Å². The van der Waals surface area contributed by atoms with Crippen molar-refractivity contribution in [2.75, 3.05) is 0 Å². The number of hydrogen-bond acceptors (Lipinski definition) is 3. The Morgan fingerprint density at radius 1 is 1.38 bits per heavy atom. The second kappa shape index (κ2) is 3.91. The molecule has 5 nitrogen and oxygen atoms in total. The van der Waals surface area contributed by atoms with Crippen LogP contribution in [0.2, 0.25) is 0 Å². The molecule has 0 saturated heterocycles. The van der Waals surface area contributed by atoms with E-state index in [0.717, 1.165) is 12.8 Å². The van der Waals surface area contributed by atoms with Gasteiger partial charge in [0, 0.05) is 18.1 Å². The van der Waals surface area contributed by atoms with Crippen molar-refractivity contribution in [1.29, 1.82) is 0 Å². The Kier molecular flexibility index (Phi) is 3.28. The maximum absolute atomic E-state index is 11.3. The zero-order valence-electron chi connectivity index (χ0n) is 7.95. The van der Waals surface area contributed by atoms with Crippen molar-refractivity contribution in [1.82, 2.24) is 9.44 Å². The van der Waals surface area contributed by atoms with Gasteiger partial charge in [0.05, 0.1) is 0 Å². The third-order valence-electron chi connectivity index (χ3n) is 1.89. The van der Waals surface area contributed by atoms with Gasteiger partial charge in [-0.05, 0) is 26.7 Å². The number of hydrogen-bond donors (Lipinski definition) is 3. The topological polar surface area (TPSA) is 84.2 Å². The molecular formula is C7H17N3O2S. The monoisotopic (exact) mass is 207 g/mol. The Bertz CT molecular complexity index is 257. The second-order valence-corrected chi connectivity index (χ2v) is 5.30. The van der Waals surface area contributed by atoms with Crippen LogP contribution in [0.5, 0.6) is 0 Å². The van der Waals surface area contributed by atoms with Crippen LogP contribution in [0.1, 0.15) is 26.7 Å². The van der Waals surface area contributed by atoms with Crippen molar-refractivity contribution in [2.24, 2.45) is 5.73 Å². The zero-order valence-corrected chi connectivity index (χ0v) is 8.76. The van der Waals surface area contributed by atoms with Gasteiger partial charge < -0.3 is 5.73 Å². The molecule has 1 aliphatic rings. The molecule has 0 aromatic rings. The SMILES string of the molecule is CC(C)NS(=O)(=O)NC1CC(N)C1. The van der Waals surface area contributed by atoms with Crippen molar-refractivity contribution in [3.05, 3.63) is 0 Å². The summed E-state index contributed by atoms with van der Waals surface area (Å²) >= 11 is 0. The number of nitrogens with two attached hydrogens (primary N) is 1. The Balaban J connectivity index is 2.35. The molecule has 6 heteroatoms. The van der Waals surface area contributed by atoms with Gasteiger partial charge in [0.1, 0.15) is 0 Å². The van der Waals surface area contributed by atoms with Crippen LogP contribution in [-0.4, -0.2) is 26.5 Å². The lowest BCUT2D eigenvalue weighted by atomic mass is 9.89. The first-order chi connectivity index (χ1) is 5.89. The lowest BCUT2D eigenvalue weighted by Crippen LogP contribution is -2.53. The highest BCUT2D eigenvalue weighted by molar-refractivity contribution is 7.87. The fraction of sp³-hybridized carbons (Fsp3) is 1.00. The highest BCUT2D eigenvalue weighted by atomic mass is 32.2. The van der Waals surface area contributed by atoms with E-state index in [0.29, 0.717) is 0 Å². The molecule has 0 spiro atoms. The van der Waals surface area contributed by atoms with Crippen LogP contribution < -0.4 is 15.2 Å². The molecule has 4 N–H and O–H groups in total. The molecule has 0 bridgehead atoms. The summed E-state index contributed by atoms with van der Waals surface area (Å²) in [5.41, 5.74) is 5.53. The van der Waals surface area contributed by atoms with E-state index in [1.165, 1.54) is 0 Å². The molecule has 1 fully saturated rings. The van der Waals surface area contributed by atoms with Gasteiger partial charge in [0.15, 0.2) is 0 Å². The molecule has 0 aliphatic heterocycles. The van der Waals surface area contributed by atoms with Gasteiger partial charge in [-0.2, -0.15) is 17.9 Å². The highest BCUT2D eigenvalue weighted by Gasteiger charge is 2.29. The smallest absolute Gasteiger partial charge is 0.277 e. The molecular weight excluding hydrogens is 190 g/mol. The molecule has 1 aliphatic carbocycles. The van der Waals surface area contributed by atoms with Crippen LogP contribution in [-0.2, 0) is 10.2 Å². The molecule has 78 valence electrons. The predicted octanol–water partition coefficient (Wildman–Crippen LogP) is -0.691. The van der Waals surface area contributed by atoms with Crippen molar-refractivity contribution < 1.29 is 8.42 Å². The summed E-state index contributed by atoms with van der Waals surface area (Å²) in [6.45, 7) is 3.57. The molecule has 13 heavy (non-hydrogen) atoms. The third kappa shape index (κ3) is 3.60. The van der Waals surface area contributed by atoms with Gasteiger partial charge in [-0.25, -0.2) is 0 Å². The van der Waals surface area contributed by atoms with Crippen molar-refractivity contribution in [3.63, 3.8) is 0 Å². The Morgan fingerprint density at radius 2 is 1.92 bits per heavy atom. The first-order valence-corrected chi connectivity index (χ1v) is 5.92. The number of nitrogens with one attached hydrogen (secondary N) is 2. The molecule has 1 rings (SSSR count). The lowest BCUT2D eigenvalue weighted by Gasteiger charge is -2.32. The van der Waals surface area contributed by atoms with Gasteiger partial charge >= 0.3 is 0 Å². The average Bonchev–Trinajstić information content (AvgIpc) is 1.79. The summed E-state index contributed by atoms with van der Waals surface area (Å²) < 4.78 is 27.6. The predicted molar refractivity (Wildman–Crippen MR) is 51.3 cm³/mol. The first kappa shape index (κ1) is 10.9. The molecule has 0 amide bonds. The average molecular weight is 207 g/mol.